The molecule has 0 spiro atoms. The highest BCUT2D eigenvalue weighted by Crippen LogP contribution is 2.35. The molecule has 2 N–H and O–H groups in total. The van der Waals surface area contributed by atoms with Crippen LogP contribution < -0.4 is 5.73 Å². The van der Waals surface area contributed by atoms with E-state index >= 15 is 0 Å². The van der Waals surface area contributed by atoms with E-state index in [1.165, 1.54) is 12.3 Å². The smallest absolute Gasteiger partial charge is 0.404 e. The van der Waals surface area contributed by atoms with Gasteiger partial charge >= 0.3 is 6.18 Å². The molecule has 0 aromatic carbocycles. The summed E-state index contributed by atoms with van der Waals surface area (Å²) in [7, 11) is 0. The van der Waals surface area contributed by atoms with Crippen LogP contribution in [0.5, 0.6) is 0 Å². The van der Waals surface area contributed by atoms with Gasteiger partial charge < -0.3 is 10.5 Å². The highest BCUT2D eigenvalue weighted by Gasteiger charge is 2.35. The summed E-state index contributed by atoms with van der Waals surface area (Å²) < 4.78 is 44.5. The van der Waals surface area contributed by atoms with Crippen molar-refractivity contribution < 1.29 is 17.9 Å². The molecule has 24 heavy (non-hydrogen) atoms. The van der Waals surface area contributed by atoms with Crippen molar-refractivity contribution in [3.63, 3.8) is 0 Å². The molecule has 1 fully saturated rings. The summed E-state index contributed by atoms with van der Waals surface area (Å²) in [6.45, 7) is 1.17. The molecule has 0 unspecified atom stereocenters. The third-order valence-electron chi connectivity index (χ3n) is 3.48. The Bertz CT molecular complexity index is 704. The number of ether oxygens (including phenoxy) is 1. The van der Waals surface area contributed by atoms with E-state index in [9.17, 15) is 13.2 Å². The second-order valence-electron chi connectivity index (χ2n) is 5.07. The monoisotopic (exact) mass is 358 g/mol. The van der Waals surface area contributed by atoms with E-state index in [-0.39, 0.29) is 17.3 Å². The van der Waals surface area contributed by atoms with Gasteiger partial charge in [-0.2, -0.15) is 18.4 Å². The quantitative estimate of drug-likeness (QED) is 0.664. The number of nitrogens with two attached hydrogens (primary N) is 1. The first-order valence-corrected chi connectivity index (χ1v) is 7.45. The Hall–Kier alpha value is -2.11. The first kappa shape index (κ1) is 18.2. The number of allylic oxidation sites excluding steroid dienone is 1. The molecule has 0 aliphatic carbocycles. The molecular formula is C15H14ClF3N4O. The minimum atomic E-state index is -4.73. The summed E-state index contributed by atoms with van der Waals surface area (Å²) in [5.74, 6) is 0. The SMILES string of the molecule is N#Cc1c(C(F)(F)F)cc(C(C=NC2CCOCC2)=CN)nc1Cl. The molecule has 1 aliphatic rings. The van der Waals surface area contributed by atoms with Crippen molar-refractivity contribution in [2.75, 3.05) is 13.2 Å². The molecular weight excluding hydrogens is 345 g/mol. The minimum Gasteiger partial charge on any atom is -0.404 e. The molecule has 2 rings (SSSR count). The fourth-order valence-corrected chi connectivity index (χ4v) is 2.44. The van der Waals surface area contributed by atoms with Crippen LogP contribution in [0.25, 0.3) is 5.57 Å². The van der Waals surface area contributed by atoms with E-state index in [0.717, 1.165) is 25.1 Å². The first-order valence-electron chi connectivity index (χ1n) is 7.08. The first-order chi connectivity index (χ1) is 11.4. The van der Waals surface area contributed by atoms with E-state index < -0.39 is 22.5 Å². The molecule has 2 heterocycles. The summed E-state index contributed by atoms with van der Waals surface area (Å²) in [6, 6.07) is 2.19. The third kappa shape index (κ3) is 4.24. The molecule has 1 aromatic rings. The Kier molecular flexibility index (Phi) is 5.80. The van der Waals surface area contributed by atoms with Crippen LogP contribution in [0.15, 0.2) is 17.3 Å². The van der Waals surface area contributed by atoms with Crippen molar-refractivity contribution in [2.45, 2.75) is 25.1 Å². The number of nitrogens with zero attached hydrogens (tertiary/aromatic N) is 3. The zero-order valence-corrected chi connectivity index (χ0v) is 13.2. The number of alkyl halides is 3. The number of hydrogen-bond donors (Lipinski definition) is 1. The van der Waals surface area contributed by atoms with Gasteiger partial charge in [-0.15, -0.1) is 0 Å². The maximum Gasteiger partial charge on any atom is 0.417 e. The molecule has 1 aliphatic heterocycles. The molecule has 0 amide bonds. The van der Waals surface area contributed by atoms with Crippen LogP contribution in [0.4, 0.5) is 13.2 Å². The van der Waals surface area contributed by atoms with Gasteiger partial charge in [-0.3, -0.25) is 4.99 Å². The number of hydrogen-bond acceptors (Lipinski definition) is 5. The maximum absolute atomic E-state index is 13.1. The second-order valence-corrected chi connectivity index (χ2v) is 5.43. The minimum absolute atomic E-state index is 0.0182. The summed E-state index contributed by atoms with van der Waals surface area (Å²) in [5.41, 5.74) is 3.72. The fraction of sp³-hybridized carbons (Fsp3) is 0.400. The van der Waals surface area contributed by atoms with Gasteiger partial charge in [0.05, 0.1) is 17.3 Å². The lowest BCUT2D eigenvalue weighted by molar-refractivity contribution is -0.137. The van der Waals surface area contributed by atoms with E-state index in [0.29, 0.717) is 13.2 Å². The normalized spacial score (nSPS) is 17.2. The molecule has 5 nitrogen and oxygen atoms in total. The number of aliphatic imine (C=N–C) groups is 1. The summed E-state index contributed by atoms with van der Waals surface area (Å²) in [4.78, 5) is 8.14. The van der Waals surface area contributed by atoms with E-state index in [2.05, 4.69) is 9.98 Å². The lowest BCUT2D eigenvalue weighted by Gasteiger charge is -2.18. The largest absolute Gasteiger partial charge is 0.417 e. The predicted octanol–water partition coefficient (Wildman–Crippen LogP) is 3.17. The third-order valence-corrected chi connectivity index (χ3v) is 3.76. The average Bonchev–Trinajstić information content (AvgIpc) is 2.55. The number of aromatic nitrogens is 1. The van der Waals surface area contributed by atoms with Gasteiger partial charge in [0.15, 0.2) is 0 Å². The maximum atomic E-state index is 13.1. The Morgan fingerprint density at radius 2 is 2.12 bits per heavy atom. The number of pyridine rings is 1. The van der Waals surface area contributed by atoms with Gasteiger partial charge in [0.25, 0.3) is 0 Å². The van der Waals surface area contributed by atoms with Crippen molar-refractivity contribution in [1.29, 1.82) is 5.26 Å². The molecule has 0 atom stereocenters. The van der Waals surface area contributed by atoms with Crippen molar-refractivity contribution in [1.82, 2.24) is 4.98 Å². The van der Waals surface area contributed by atoms with E-state index in [1.807, 2.05) is 0 Å². The van der Waals surface area contributed by atoms with Gasteiger partial charge in [0.1, 0.15) is 16.8 Å². The van der Waals surface area contributed by atoms with E-state index in [4.69, 9.17) is 27.3 Å². The fourth-order valence-electron chi connectivity index (χ4n) is 2.21. The van der Waals surface area contributed by atoms with Crippen molar-refractivity contribution in [2.24, 2.45) is 10.7 Å². The number of halogens is 4. The predicted molar refractivity (Wildman–Crippen MR) is 83.5 cm³/mol. The molecule has 0 radical (unpaired) electrons. The molecule has 0 saturated carbocycles. The zero-order chi connectivity index (χ0) is 17.7. The van der Waals surface area contributed by atoms with Gasteiger partial charge in [-0.1, -0.05) is 11.6 Å². The summed E-state index contributed by atoms with van der Waals surface area (Å²) in [5, 5.41) is 8.34. The summed E-state index contributed by atoms with van der Waals surface area (Å²) in [6.07, 6.45) is -0.800. The van der Waals surface area contributed by atoms with Crippen LogP contribution in [0.2, 0.25) is 5.15 Å². The zero-order valence-electron chi connectivity index (χ0n) is 12.5. The molecule has 1 saturated heterocycles. The van der Waals surface area contributed by atoms with Crippen molar-refractivity contribution in [3.8, 4) is 6.07 Å². The molecule has 9 heteroatoms. The number of nitriles is 1. The van der Waals surface area contributed by atoms with Crippen LogP contribution in [0, 0.1) is 11.3 Å². The Morgan fingerprint density at radius 1 is 1.46 bits per heavy atom. The lowest BCUT2D eigenvalue weighted by Crippen LogP contribution is -2.18. The van der Waals surface area contributed by atoms with Gasteiger partial charge in [-0.25, -0.2) is 4.98 Å². The average molecular weight is 359 g/mol. The van der Waals surface area contributed by atoms with Crippen LogP contribution >= 0.6 is 11.6 Å². The topological polar surface area (TPSA) is 84.3 Å². The highest BCUT2D eigenvalue weighted by atomic mass is 35.5. The Balaban J connectivity index is 2.37. The standard InChI is InChI=1S/C15H14ClF3N4O/c16-14-11(7-21)12(15(17,18)19)5-13(23-14)9(6-20)8-22-10-1-3-24-4-2-10/h5-6,8,10H,1-4,20H2. The van der Waals surface area contributed by atoms with Crippen molar-refractivity contribution >= 4 is 23.4 Å². The second kappa shape index (κ2) is 7.64. The van der Waals surface area contributed by atoms with Crippen LogP contribution in [-0.2, 0) is 10.9 Å². The summed E-state index contributed by atoms with van der Waals surface area (Å²) >= 11 is 5.73. The van der Waals surface area contributed by atoms with Gasteiger partial charge in [0.2, 0.25) is 0 Å². The van der Waals surface area contributed by atoms with E-state index in [1.54, 1.807) is 0 Å². The number of rotatable bonds is 3. The highest BCUT2D eigenvalue weighted by molar-refractivity contribution is 6.30. The molecule has 1 aromatic heterocycles. The van der Waals surface area contributed by atoms with Gasteiger partial charge in [0, 0.05) is 31.2 Å². The lowest BCUT2D eigenvalue weighted by atomic mass is 10.1. The van der Waals surface area contributed by atoms with Crippen LogP contribution in [0.3, 0.4) is 0 Å². The van der Waals surface area contributed by atoms with Crippen molar-refractivity contribution in [3.05, 3.63) is 34.2 Å². The van der Waals surface area contributed by atoms with Crippen LogP contribution in [-0.4, -0.2) is 30.5 Å². The van der Waals surface area contributed by atoms with Crippen LogP contribution in [0.1, 0.15) is 29.7 Å². The molecule has 0 bridgehead atoms. The Morgan fingerprint density at radius 3 is 2.67 bits per heavy atom. The molecule has 128 valence electrons. The Labute approximate surface area is 141 Å². The van der Waals surface area contributed by atoms with Gasteiger partial charge in [-0.05, 0) is 18.9 Å².